The lowest BCUT2D eigenvalue weighted by atomic mass is 10.1. The van der Waals surface area contributed by atoms with Crippen LogP contribution in [0.2, 0.25) is 0 Å². The van der Waals surface area contributed by atoms with Crippen molar-refractivity contribution < 1.29 is 4.79 Å². The molecule has 0 fully saturated rings. The minimum atomic E-state index is -0.154. The number of aryl methyl sites for hydroxylation is 3. The second kappa shape index (κ2) is 7.41. The summed E-state index contributed by atoms with van der Waals surface area (Å²) >= 11 is 2.67. The lowest BCUT2D eigenvalue weighted by Gasteiger charge is -2.12. The van der Waals surface area contributed by atoms with E-state index in [1.165, 1.54) is 23.1 Å². The number of aromatic amines is 1. The zero-order chi connectivity index (χ0) is 18.0. The van der Waals surface area contributed by atoms with Crippen molar-refractivity contribution in [1.29, 1.82) is 0 Å². The molecule has 0 saturated carbocycles. The number of para-hydroxylation sites is 1. The van der Waals surface area contributed by atoms with Crippen molar-refractivity contribution in [2.24, 2.45) is 0 Å². The molecule has 3 aromatic rings. The third-order valence-electron chi connectivity index (χ3n) is 3.95. The first-order chi connectivity index (χ1) is 12.0. The maximum atomic E-state index is 12.3. The number of benzene rings is 1. The lowest BCUT2D eigenvalue weighted by molar-refractivity contribution is -0.113. The number of anilines is 1. The minimum absolute atomic E-state index is 0.112. The maximum absolute atomic E-state index is 12.3. The van der Waals surface area contributed by atoms with Crippen LogP contribution >= 0.6 is 23.1 Å². The van der Waals surface area contributed by atoms with Gasteiger partial charge in [0, 0.05) is 5.69 Å². The fourth-order valence-corrected chi connectivity index (χ4v) is 4.29. The number of carbonyl (C=O) groups excluding carboxylic acids is 1. The Hall–Kier alpha value is -2.12. The second-order valence-corrected chi connectivity index (χ2v) is 7.59. The Morgan fingerprint density at radius 3 is 2.88 bits per heavy atom. The molecule has 3 rings (SSSR count). The highest BCUT2D eigenvalue weighted by atomic mass is 32.2. The first kappa shape index (κ1) is 17.7. The van der Waals surface area contributed by atoms with Crippen LogP contribution in [-0.4, -0.2) is 21.6 Å². The van der Waals surface area contributed by atoms with Gasteiger partial charge in [0.2, 0.25) is 5.91 Å². The molecule has 1 amide bonds. The van der Waals surface area contributed by atoms with Crippen molar-refractivity contribution in [3.8, 4) is 0 Å². The first-order valence-electron chi connectivity index (χ1n) is 7.98. The number of rotatable bonds is 5. The summed E-state index contributed by atoms with van der Waals surface area (Å²) in [6, 6.07) is 5.99. The lowest BCUT2D eigenvalue weighted by Crippen LogP contribution is -2.17. The van der Waals surface area contributed by atoms with Crippen LogP contribution in [0.4, 0.5) is 5.69 Å². The largest absolute Gasteiger partial charge is 0.325 e. The highest BCUT2D eigenvalue weighted by Crippen LogP contribution is 2.24. The van der Waals surface area contributed by atoms with Gasteiger partial charge in [-0.3, -0.25) is 9.59 Å². The molecule has 0 spiro atoms. The van der Waals surface area contributed by atoms with Crippen molar-refractivity contribution in [2.75, 3.05) is 11.1 Å². The number of fused-ring (bicyclic) bond motifs is 1. The molecule has 0 atom stereocenters. The van der Waals surface area contributed by atoms with Gasteiger partial charge in [-0.25, -0.2) is 4.98 Å². The molecule has 0 unspecified atom stereocenters. The fourth-order valence-electron chi connectivity index (χ4n) is 2.65. The molecule has 2 aromatic heterocycles. The third kappa shape index (κ3) is 3.77. The summed E-state index contributed by atoms with van der Waals surface area (Å²) in [5, 5.41) is 5.99. The number of H-pyrrole nitrogens is 1. The first-order valence-corrected chi connectivity index (χ1v) is 9.85. The number of aromatic nitrogens is 2. The van der Waals surface area contributed by atoms with Crippen LogP contribution in [0.3, 0.4) is 0 Å². The van der Waals surface area contributed by atoms with Gasteiger partial charge in [0.25, 0.3) is 5.56 Å². The smallest absolute Gasteiger partial charge is 0.260 e. The number of thiophene rings is 1. The molecule has 130 valence electrons. The van der Waals surface area contributed by atoms with E-state index in [0.717, 1.165) is 28.8 Å². The van der Waals surface area contributed by atoms with Gasteiger partial charge in [0.15, 0.2) is 5.16 Å². The molecule has 7 heteroatoms. The Morgan fingerprint density at radius 1 is 1.32 bits per heavy atom. The summed E-state index contributed by atoms with van der Waals surface area (Å²) in [5.41, 5.74) is 3.80. The molecule has 0 aliphatic rings. The molecule has 2 N–H and O–H groups in total. The van der Waals surface area contributed by atoms with Gasteiger partial charge in [-0.1, -0.05) is 36.9 Å². The molecule has 1 aromatic carbocycles. The average Bonchev–Trinajstić information content (AvgIpc) is 2.96. The Labute approximate surface area is 153 Å². The van der Waals surface area contributed by atoms with Gasteiger partial charge in [0.05, 0.1) is 11.1 Å². The average molecular weight is 374 g/mol. The highest BCUT2D eigenvalue weighted by Gasteiger charge is 2.12. The van der Waals surface area contributed by atoms with Crippen molar-refractivity contribution in [1.82, 2.24) is 9.97 Å². The topological polar surface area (TPSA) is 74.8 Å². The number of thioether (sulfide) groups is 1. The van der Waals surface area contributed by atoms with Crippen molar-refractivity contribution in [3.63, 3.8) is 0 Å². The summed E-state index contributed by atoms with van der Waals surface area (Å²) in [6.45, 7) is 5.93. The Balaban J connectivity index is 1.72. The summed E-state index contributed by atoms with van der Waals surface area (Å²) in [6.07, 6.45) is 0.855. The van der Waals surface area contributed by atoms with Gasteiger partial charge in [0.1, 0.15) is 4.83 Å². The van der Waals surface area contributed by atoms with Crippen molar-refractivity contribution in [2.45, 2.75) is 32.3 Å². The van der Waals surface area contributed by atoms with Crippen LogP contribution in [0.1, 0.15) is 23.6 Å². The van der Waals surface area contributed by atoms with Crippen LogP contribution in [0, 0.1) is 13.8 Å². The monoisotopic (exact) mass is 373 g/mol. The number of hydrogen-bond donors (Lipinski definition) is 2. The number of amides is 1. The van der Waals surface area contributed by atoms with E-state index in [1.54, 1.807) is 0 Å². The van der Waals surface area contributed by atoms with E-state index in [0.29, 0.717) is 15.4 Å². The third-order valence-corrected chi connectivity index (χ3v) is 5.81. The molecular weight excluding hydrogens is 354 g/mol. The summed E-state index contributed by atoms with van der Waals surface area (Å²) in [5.74, 6) is 0.0788. The highest BCUT2D eigenvalue weighted by molar-refractivity contribution is 7.99. The standard InChI is InChI=1S/C18H19N3O2S2/c1-4-12-7-5-6-10(2)15(12)19-13(22)9-25-18-20-16(23)14-11(3)8-24-17(14)21-18/h5-8H,4,9H2,1-3H3,(H,19,22)(H,20,21,23). The van der Waals surface area contributed by atoms with Gasteiger partial charge in [-0.15, -0.1) is 11.3 Å². The molecule has 0 radical (unpaired) electrons. The van der Waals surface area contributed by atoms with E-state index in [9.17, 15) is 9.59 Å². The van der Waals surface area contributed by atoms with E-state index in [4.69, 9.17) is 0 Å². The van der Waals surface area contributed by atoms with E-state index < -0.39 is 0 Å². The zero-order valence-electron chi connectivity index (χ0n) is 14.3. The van der Waals surface area contributed by atoms with Crippen LogP contribution < -0.4 is 10.9 Å². The second-order valence-electron chi connectivity index (χ2n) is 5.77. The predicted molar refractivity (Wildman–Crippen MR) is 105 cm³/mol. The van der Waals surface area contributed by atoms with Gasteiger partial charge < -0.3 is 10.3 Å². The fraction of sp³-hybridized carbons (Fsp3) is 0.278. The molecule has 0 saturated heterocycles. The van der Waals surface area contributed by atoms with E-state index in [2.05, 4.69) is 22.2 Å². The summed E-state index contributed by atoms with van der Waals surface area (Å²) in [7, 11) is 0. The Bertz CT molecular complexity index is 992. The predicted octanol–water partition coefficient (Wildman–Crippen LogP) is 3.89. The van der Waals surface area contributed by atoms with Gasteiger partial charge in [-0.2, -0.15) is 0 Å². The van der Waals surface area contributed by atoms with Crippen molar-refractivity contribution in [3.05, 3.63) is 50.6 Å². The molecule has 25 heavy (non-hydrogen) atoms. The SMILES string of the molecule is CCc1cccc(C)c1NC(=O)CSc1nc2scc(C)c2c(=O)[nH]1. The van der Waals surface area contributed by atoms with E-state index >= 15 is 0 Å². The number of hydrogen-bond acceptors (Lipinski definition) is 5. The van der Waals surface area contributed by atoms with Crippen LogP contribution in [0.15, 0.2) is 33.5 Å². The molecular formula is C18H19N3O2S2. The van der Waals surface area contributed by atoms with Crippen LogP contribution in [-0.2, 0) is 11.2 Å². The zero-order valence-corrected chi connectivity index (χ0v) is 15.9. The van der Waals surface area contributed by atoms with Crippen LogP contribution in [0.25, 0.3) is 10.2 Å². The van der Waals surface area contributed by atoms with E-state index in [1.807, 2.05) is 37.4 Å². The number of nitrogens with zero attached hydrogens (tertiary/aromatic N) is 1. The Kier molecular flexibility index (Phi) is 5.24. The summed E-state index contributed by atoms with van der Waals surface area (Å²) in [4.78, 5) is 32.3. The Morgan fingerprint density at radius 2 is 2.12 bits per heavy atom. The molecule has 0 aliphatic heterocycles. The van der Waals surface area contributed by atoms with Gasteiger partial charge in [-0.05, 0) is 42.3 Å². The van der Waals surface area contributed by atoms with E-state index in [-0.39, 0.29) is 17.2 Å². The molecule has 5 nitrogen and oxygen atoms in total. The molecule has 2 heterocycles. The molecule has 0 aliphatic carbocycles. The minimum Gasteiger partial charge on any atom is -0.325 e. The number of carbonyl (C=O) groups is 1. The van der Waals surface area contributed by atoms with Crippen LogP contribution in [0.5, 0.6) is 0 Å². The normalized spacial score (nSPS) is 11.0. The quantitative estimate of drug-likeness (QED) is 0.525. The number of nitrogens with one attached hydrogen (secondary N) is 2. The summed E-state index contributed by atoms with van der Waals surface area (Å²) < 4.78 is 0. The maximum Gasteiger partial charge on any atom is 0.260 e. The van der Waals surface area contributed by atoms with Gasteiger partial charge >= 0.3 is 0 Å². The molecule has 0 bridgehead atoms. The van der Waals surface area contributed by atoms with Crippen molar-refractivity contribution >= 4 is 44.9 Å².